The predicted molar refractivity (Wildman–Crippen MR) is 81.6 cm³/mol. The fraction of sp³-hybridized carbons (Fsp3) is 1.00. The molecule has 0 bridgehead atoms. The van der Waals surface area contributed by atoms with Crippen LogP contribution in [0.3, 0.4) is 0 Å². The Morgan fingerprint density at radius 2 is 1.33 bits per heavy atom. The van der Waals surface area contributed by atoms with Crippen LogP contribution in [0, 0.1) is 0 Å². The topological polar surface area (TPSA) is 77.4 Å². The minimum absolute atomic E-state index is 0. The zero-order chi connectivity index (χ0) is 15.4. The van der Waals surface area contributed by atoms with Crippen molar-refractivity contribution in [2.24, 2.45) is 0 Å². The molecule has 4 nitrogen and oxygen atoms in total. The molecule has 6 heteroatoms. The quantitative estimate of drug-likeness (QED) is 0.305. The van der Waals surface area contributed by atoms with Crippen LogP contribution in [0.2, 0.25) is 0 Å². The van der Waals surface area contributed by atoms with E-state index in [2.05, 4.69) is 0 Å². The van der Waals surface area contributed by atoms with Crippen LogP contribution in [0.1, 0.15) is 84.5 Å². The first kappa shape index (κ1) is 24.1. The summed E-state index contributed by atoms with van der Waals surface area (Å²) in [5.74, 6) is 0. The second-order valence-corrected chi connectivity index (χ2v) is 7.46. The number of unbranched alkanes of at least 4 members (excludes halogenated alkanes) is 6. The number of aliphatic hydroxyl groups is 1. The molecular weight excluding hydrogens is 299 g/mol. The first-order valence-electron chi connectivity index (χ1n) is 8.00. The number of hydrogen-bond donors (Lipinski definition) is 1. The van der Waals surface area contributed by atoms with Crippen molar-refractivity contribution in [3.8, 4) is 0 Å². The van der Waals surface area contributed by atoms with Crippen molar-refractivity contribution in [3.05, 3.63) is 0 Å². The van der Waals surface area contributed by atoms with E-state index in [0.29, 0.717) is 12.8 Å². The van der Waals surface area contributed by atoms with E-state index in [9.17, 15) is 13.0 Å². The van der Waals surface area contributed by atoms with Crippen molar-refractivity contribution >= 4 is 10.1 Å². The molecule has 0 aromatic carbocycles. The van der Waals surface area contributed by atoms with E-state index in [4.69, 9.17) is 5.11 Å². The molecule has 0 saturated heterocycles. The van der Waals surface area contributed by atoms with Gasteiger partial charge in [-0.2, -0.15) is 0 Å². The smallest absolute Gasteiger partial charge is 0.748 e. The molecule has 122 valence electrons. The summed E-state index contributed by atoms with van der Waals surface area (Å²) in [7, 11) is -4.13. The van der Waals surface area contributed by atoms with Crippen LogP contribution >= 0.6 is 0 Å². The van der Waals surface area contributed by atoms with Crippen molar-refractivity contribution in [3.63, 3.8) is 0 Å². The molecule has 0 heterocycles. The fourth-order valence-corrected chi connectivity index (χ4v) is 3.29. The summed E-state index contributed by atoms with van der Waals surface area (Å²) in [5, 5.41) is 8.43. The van der Waals surface area contributed by atoms with Gasteiger partial charge in [0.2, 0.25) is 0 Å². The first-order chi connectivity index (χ1) is 9.38. The molecule has 0 fully saturated rings. The van der Waals surface area contributed by atoms with Crippen LogP contribution in [0.5, 0.6) is 0 Å². The van der Waals surface area contributed by atoms with Crippen LogP contribution in [0.25, 0.3) is 0 Å². The Labute approximate surface area is 153 Å². The van der Waals surface area contributed by atoms with Crippen molar-refractivity contribution < 1.29 is 47.6 Å². The maximum atomic E-state index is 11.1. The van der Waals surface area contributed by atoms with Gasteiger partial charge in [0.05, 0.1) is 16.2 Å². The van der Waals surface area contributed by atoms with Crippen LogP contribution in [0.15, 0.2) is 0 Å². The van der Waals surface area contributed by atoms with Gasteiger partial charge in [-0.15, -0.1) is 0 Å². The van der Waals surface area contributed by atoms with Crippen molar-refractivity contribution in [2.75, 3.05) is 0 Å². The Kier molecular flexibility index (Phi) is 16.6. The van der Waals surface area contributed by atoms with Gasteiger partial charge in [-0.05, 0) is 26.2 Å². The van der Waals surface area contributed by atoms with Gasteiger partial charge in [-0.1, -0.05) is 58.3 Å². The summed E-state index contributed by atoms with van der Waals surface area (Å²) < 4.78 is 33.4. The predicted octanol–water partition coefficient (Wildman–Crippen LogP) is 0.596. The number of hydrogen-bond acceptors (Lipinski definition) is 4. The van der Waals surface area contributed by atoms with E-state index in [-0.39, 0.29) is 35.7 Å². The van der Waals surface area contributed by atoms with Gasteiger partial charge in [0.15, 0.2) is 0 Å². The van der Waals surface area contributed by atoms with Crippen LogP contribution in [-0.2, 0) is 10.1 Å². The Hall–Kier alpha value is 0.870. The molecule has 0 rings (SSSR count). The third kappa shape index (κ3) is 15.5. The molecule has 0 spiro atoms. The molecule has 0 saturated carbocycles. The van der Waals surface area contributed by atoms with Crippen LogP contribution in [0.4, 0.5) is 0 Å². The maximum Gasteiger partial charge on any atom is 1.00 e. The van der Waals surface area contributed by atoms with Gasteiger partial charge >= 0.3 is 29.6 Å². The minimum Gasteiger partial charge on any atom is -0.748 e. The Balaban J connectivity index is 0. The molecular formula is C15H31NaO4S. The molecule has 0 aliphatic rings. The van der Waals surface area contributed by atoms with Crippen molar-refractivity contribution in [1.82, 2.24) is 0 Å². The normalized spacial score (nSPS) is 14.5. The molecule has 0 aromatic rings. The zero-order valence-corrected chi connectivity index (χ0v) is 16.8. The minimum atomic E-state index is -4.13. The summed E-state index contributed by atoms with van der Waals surface area (Å²) in [4.78, 5) is 0. The van der Waals surface area contributed by atoms with Gasteiger partial charge in [-0.3, -0.25) is 0 Å². The summed E-state index contributed by atoms with van der Waals surface area (Å²) >= 11 is 0. The average Bonchev–Trinajstić information content (AvgIpc) is 2.34. The van der Waals surface area contributed by atoms with Crippen LogP contribution in [-0.4, -0.2) is 29.4 Å². The average molecular weight is 330 g/mol. The molecule has 2 atom stereocenters. The van der Waals surface area contributed by atoms with Gasteiger partial charge < -0.3 is 9.66 Å². The molecule has 0 aliphatic heterocycles. The fourth-order valence-electron chi connectivity index (χ4n) is 2.38. The summed E-state index contributed by atoms with van der Waals surface area (Å²) in [5.41, 5.74) is 0. The molecule has 0 aliphatic carbocycles. The molecule has 0 radical (unpaired) electrons. The molecule has 2 unspecified atom stereocenters. The monoisotopic (exact) mass is 330 g/mol. The summed E-state index contributed by atoms with van der Waals surface area (Å²) in [6.45, 7) is 3.81. The SMILES string of the molecule is CCCCC(CCCCCCCCC(C)O)S(=O)(=O)[O-].[Na+]. The Bertz CT molecular complexity index is 318. The van der Waals surface area contributed by atoms with Gasteiger partial charge in [0, 0.05) is 5.25 Å². The van der Waals surface area contributed by atoms with E-state index >= 15 is 0 Å². The second kappa shape index (κ2) is 14.5. The van der Waals surface area contributed by atoms with Gasteiger partial charge in [-0.25, -0.2) is 8.42 Å². The molecule has 1 N–H and O–H groups in total. The molecule has 21 heavy (non-hydrogen) atoms. The van der Waals surface area contributed by atoms with E-state index < -0.39 is 15.4 Å². The second-order valence-electron chi connectivity index (χ2n) is 5.80. The van der Waals surface area contributed by atoms with E-state index in [1.165, 1.54) is 0 Å². The Morgan fingerprint density at radius 3 is 1.76 bits per heavy atom. The van der Waals surface area contributed by atoms with E-state index in [1.54, 1.807) is 6.92 Å². The van der Waals surface area contributed by atoms with E-state index in [1.807, 2.05) is 6.92 Å². The standard InChI is InChI=1S/C15H32O4S.Na/c1-3-4-12-15(20(17,18)19)13-10-8-6-5-7-9-11-14(2)16;/h14-16H,3-13H2,1-2H3,(H,17,18,19);/q;+1/p-1. The zero-order valence-electron chi connectivity index (χ0n) is 14.0. The van der Waals surface area contributed by atoms with Crippen molar-refractivity contribution in [1.29, 1.82) is 0 Å². The summed E-state index contributed by atoms with van der Waals surface area (Å²) in [6, 6.07) is 0. The number of rotatable bonds is 13. The summed E-state index contributed by atoms with van der Waals surface area (Å²) in [6.07, 6.45) is 9.59. The van der Waals surface area contributed by atoms with Crippen LogP contribution < -0.4 is 29.6 Å². The third-order valence-corrected chi connectivity index (χ3v) is 4.97. The van der Waals surface area contributed by atoms with E-state index in [0.717, 1.165) is 57.8 Å². The maximum absolute atomic E-state index is 11.1. The van der Waals surface area contributed by atoms with Gasteiger partial charge in [0.1, 0.15) is 0 Å². The third-order valence-electron chi connectivity index (χ3n) is 3.69. The number of aliphatic hydroxyl groups excluding tert-OH is 1. The Morgan fingerprint density at radius 1 is 0.905 bits per heavy atom. The largest absolute Gasteiger partial charge is 1.00 e. The first-order valence-corrected chi connectivity index (χ1v) is 9.47. The van der Waals surface area contributed by atoms with Gasteiger partial charge in [0.25, 0.3) is 0 Å². The molecule has 0 aromatic heterocycles. The van der Waals surface area contributed by atoms with Crippen molar-refractivity contribution in [2.45, 2.75) is 95.8 Å². The molecule has 0 amide bonds.